The van der Waals surface area contributed by atoms with Gasteiger partial charge < -0.3 is 16.4 Å². The van der Waals surface area contributed by atoms with Gasteiger partial charge in [0.2, 0.25) is 0 Å². The molecule has 1 aromatic rings. The molecule has 1 spiro atoms. The van der Waals surface area contributed by atoms with Gasteiger partial charge in [0.1, 0.15) is 0 Å². The average Bonchev–Trinajstić information content (AvgIpc) is 2.74. The largest absolute Gasteiger partial charge is 0.416 e. The molecule has 4 aliphatic carbocycles. The molecule has 0 radical (unpaired) electrons. The summed E-state index contributed by atoms with van der Waals surface area (Å²) in [6, 6.07) is 4.21. The van der Waals surface area contributed by atoms with Crippen LogP contribution >= 0.6 is 12.6 Å². The summed E-state index contributed by atoms with van der Waals surface area (Å²) in [6.07, 6.45) is 2.94. The van der Waals surface area contributed by atoms with Crippen LogP contribution in [0.15, 0.2) is 29.2 Å². The molecule has 4 nitrogen and oxygen atoms in total. The number of halogens is 3. The highest BCUT2D eigenvalue weighted by atomic mass is 32.1. The number of primary amides is 1. The molecule has 7 unspecified atom stereocenters. The lowest BCUT2D eigenvalue weighted by molar-refractivity contribution is -0.455. The number of urea groups is 1. The monoisotopic (exact) mass is 483 g/mol. The molecule has 0 aromatic heterocycles. The lowest BCUT2D eigenvalue weighted by Crippen LogP contribution is -2.87. The number of carbonyl (C=O) groups excluding carboxylic acids is 1. The van der Waals surface area contributed by atoms with Crippen LogP contribution in [-0.2, 0) is 6.18 Å². The molecule has 1 heterocycles. The molecule has 184 valence electrons. The quantitative estimate of drug-likeness (QED) is 0.429. The van der Waals surface area contributed by atoms with E-state index < -0.39 is 17.8 Å². The van der Waals surface area contributed by atoms with Gasteiger partial charge in [0.15, 0.2) is 0 Å². The molecule has 6 rings (SSSR count). The predicted molar refractivity (Wildman–Crippen MR) is 126 cm³/mol. The second-order valence-electron chi connectivity index (χ2n) is 10.8. The van der Waals surface area contributed by atoms with Crippen LogP contribution in [0.1, 0.15) is 51.5 Å². The summed E-state index contributed by atoms with van der Waals surface area (Å²) in [6.45, 7) is 7.88. The number of thiol groups is 1. The molecule has 1 aromatic carbocycles. The first-order valence-corrected chi connectivity index (χ1v) is 12.5. The summed E-state index contributed by atoms with van der Waals surface area (Å²) in [5.74, 6) is 5.23. The smallest absolute Gasteiger partial charge is 0.352 e. The van der Waals surface area contributed by atoms with E-state index in [9.17, 15) is 18.0 Å². The minimum absolute atomic E-state index is 0.421. The molecule has 0 bridgehead atoms. The molecular formula is C25H36F3N3OS. The van der Waals surface area contributed by atoms with Crippen LogP contribution in [0.25, 0.3) is 0 Å². The standard InChI is InChI=1S/C11H16.C7H5F3S.C7H15N3O/c1-6-9-4-7-3-8-5-10(6,2)11(7,8)9;8-7(9,10)5-1-3-6(11)4-2-5;8-7(11)10-5-6-2-1-3-9-4-6/h6-9H,3-5H2,1-2H3;1-4,11H;6,9H,1-5H2,(H3,8,10,11). The number of nitrogens with one attached hydrogen (secondary N) is 2. The zero-order valence-corrected chi connectivity index (χ0v) is 20.3. The highest BCUT2D eigenvalue weighted by Gasteiger charge is 2.88. The number of alkyl halides is 3. The van der Waals surface area contributed by atoms with E-state index in [2.05, 4.69) is 37.1 Å². The van der Waals surface area contributed by atoms with Crippen molar-refractivity contribution in [2.45, 2.75) is 57.0 Å². The summed E-state index contributed by atoms with van der Waals surface area (Å²) >= 11 is 3.86. The summed E-state index contributed by atoms with van der Waals surface area (Å²) in [5.41, 5.74) is 6.10. The van der Waals surface area contributed by atoms with E-state index in [0.717, 1.165) is 42.0 Å². The van der Waals surface area contributed by atoms with E-state index in [1.807, 2.05) is 0 Å². The normalized spacial score (nSPS) is 39.2. The van der Waals surface area contributed by atoms with Crippen LogP contribution < -0.4 is 16.4 Å². The second-order valence-corrected chi connectivity index (χ2v) is 11.3. The zero-order chi connectivity index (χ0) is 24.0. The van der Waals surface area contributed by atoms with Crippen molar-refractivity contribution in [2.75, 3.05) is 19.6 Å². The fourth-order valence-corrected chi connectivity index (χ4v) is 8.00. The Labute approximate surface area is 200 Å². The predicted octanol–water partition coefficient (Wildman–Crippen LogP) is 5.34. The lowest BCUT2D eigenvalue weighted by atomic mass is 9.11. The Morgan fingerprint density at radius 3 is 2.39 bits per heavy atom. The van der Waals surface area contributed by atoms with Gasteiger partial charge in [-0.15, -0.1) is 12.6 Å². The van der Waals surface area contributed by atoms with Crippen LogP contribution in [0, 0.1) is 40.4 Å². The van der Waals surface area contributed by atoms with Gasteiger partial charge in [0.05, 0.1) is 5.56 Å². The Kier molecular flexibility index (Phi) is 6.73. The molecule has 1 saturated heterocycles. The Hall–Kier alpha value is -1.41. The van der Waals surface area contributed by atoms with Crippen molar-refractivity contribution in [3.8, 4) is 0 Å². The van der Waals surface area contributed by atoms with Gasteiger partial charge in [0.25, 0.3) is 0 Å². The zero-order valence-electron chi connectivity index (χ0n) is 19.4. The summed E-state index contributed by atoms with van der Waals surface area (Å²) in [5, 5.41) is 5.88. The first-order chi connectivity index (χ1) is 15.5. The average molecular weight is 484 g/mol. The minimum atomic E-state index is -4.25. The molecule has 1 aliphatic heterocycles. The van der Waals surface area contributed by atoms with E-state index in [-0.39, 0.29) is 0 Å². The van der Waals surface area contributed by atoms with Crippen molar-refractivity contribution in [3.05, 3.63) is 29.8 Å². The minimum Gasteiger partial charge on any atom is -0.352 e. The van der Waals surface area contributed by atoms with Crippen LogP contribution in [-0.4, -0.2) is 25.7 Å². The van der Waals surface area contributed by atoms with Crippen LogP contribution in [0.2, 0.25) is 0 Å². The molecular weight excluding hydrogens is 447 g/mol. The third kappa shape index (κ3) is 4.15. The van der Waals surface area contributed by atoms with Gasteiger partial charge in [-0.3, -0.25) is 0 Å². The Morgan fingerprint density at radius 1 is 1.24 bits per heavy atom. The maximum atomic E-state index is 11.9. The van der Waals surface area contributed by atoms with Crippen LogP contribution in [0.4, 0.5) is 18.0 Å². The van der Waals surface area contributed by atoms with Gasteiger partial charge in [-0.1, -0.05) is 13.8 Å². The van der Waals surface area contributed by atoms with Crippen molar-refractivity contribution < 1.29 is 18.0 Å². The number of benzene rings is 1. The number of carbonyl (C=O) groups is 1. The maximum Gasteiger partial charge on any atom is 0.416 e. The van der Waals surface area contributed by atoms with Gasteiger partial charge >= 0.3 is 12.2 Å². The van der Waals surface area contributed by atoms with E-state index in [4.69, 9.17) is 5.73 Å². The fourth-order valence-electron chi connectivity index (χ4n) is 7.85. The van der Waals surface area contributed by atoms with Crippen molar-refractivity contribution >= 4 is 18.7 Å². The van der Waals surface area contributed by atoms with E-state index in [1.165, 1.54) is 42.7 Å². The molecule has 33 heavy (non-hydrogen) atoms. The van der Waals surface area contributed by atoms with Crippen molar-refractivity contribution in [1.29, 1.82) is 0 Å². The molecule has 8 heteroatoms. The lowest BCUT2D eigenvalue weighted by Gasteiger charge is -2.93. The summed E-state index contributed by atoms with van der Waals surface area (Å²) in [7, 11) is 0. The highest BCUT2D eigenvalue weighted by molar-refractivity contribution is 7.80. The number of hydrogen-bond donors (Lipinski definition) is 4. The van der Waals surface area contributed by atoms with Gasteiger partial charge in [0, 0.05) is 11.4 Å². The third-order valence-corrected chi connectivity index (χ3v) is 9.80. The second kappa shape index (κ2) is 8.99. The van der Waals surface area contributed by atoms with Crippen LogP contribution in [0.5, 0.6) is 0 Å². The fraction of sp³-hybridized carbons (Fsp3) is 0.720. The first kappa shape index (κ1) is 24.7. The highest BCUT2D eigenvalue weighted by Crippen LogP contribution is 2.94. The first-order valence-electron chi connectivity index (χ1n) is 12.1. The summed E-state index contributed by atoms with van der Waals surface area (Å²) in [4.78, 5) is 10.9. The van der Waals surface area contributed by atoms with Gasteiger partial charge in [-0.25, -0.2) is 4.79 Å². The number of amides is 2. The van der Waals surface area contributed by atoms with Crippen molar-refractivity contribution in [3.63, 3.8) is 0 Å². The topological polar surface area (TPSA) is 67.2 Å². The van der Waals surface area contributed by atoms with Crippen molar-refractivity contribution in [1.82, 2.24) is 10.6 Å². The maximum absolute atomic E-state index is 11.9. The Bertz CT molecular complexity index is 851. The molecule has 2 amide bonds. The summed E-state index contributed by atoms with van der Waals surface area (Å²) < 4.78 is 35.7. The Balaban J connectivity index is 0.000000118. The number of rotatable bonds is 2. The number of piperidine rings is 1. The van der Waals surface area contributed by atoms with E-state index in [1.54, 1.807) is 19.3 Å². The third-order valence-electron chi connectivity index (χ3n) is 9.50. The SMILES string of the molecule is CC1C2CC3CC4CC1(C)C342.FC(F)(F)c1ccc(S)cc1.NC(=O)NCC1CCCNC1. The number of hydrogen-bond acceptors (Lipinski definition) is 3. The van der Waals surface area contributed by atoms with Crippen LogP contribution in [0.3, 0.4) is 0 Å². The molecule has 4 saturated carbocycles. The van der Waals surface area contributed by atoms with Crippen molar-refractivity contribution in [2.24, 2.45) is 46.2 Å². The molecule has 7 atom stereocenters. The van der Waals surface area contributed by atoms with Gasteiger partial charge in [-0.2, -0.15) is 13.2 Å². The molecule has 5 fully saturated rings. The van der Waals surface area contributed by atoms with E-state index >= 15 is 0 Å². The number of nitrogens with two attached hydrogens (primary N) is 1. The Morgan fingerprint density at radius 2 is 1.94 bits per heavy atom. The molecule has 4 N–H and O–H groups in total. The molecule has 5 aliphatic rings. The van der Waals surface area contributed by atoms with Gasteiger partial charge in [-0.05, 0) is 110 Å². The van der Waals surface area contributed by atoms with E-state index in [0.29, 0.717) is 17.4 Å².